The molecule has 2 unspecified atom stereocenters. The lowest BCUT2D eigenvalue weighted by Gasteiger charge is -2.36. The van der Waals surface area contributed by atoms with E-state index in [1.165, 1.54) is 28.4 Å². The minimum Gasteiger partial charge on any atom is -0.292 e. The van der Waals surface area contributed by atoms with Crippen LogP contribution in [-0.4, -0.2) is 23.3 Å². The highest BCUT2D eigenvalue weighted by molar-refractivity contribution is 14.1. The fourth-order valence-corrected chi connectivity index (χ4v) is 2.87. The molecule has 0 saturated carbocycles. The third kappa shape index (κ3) is 3.21. The van der Waals surface area contributed by atoms with Crippen molar-refractivity contribution < 1.29 is 0 Å². The van der Waals surface area contributed by atoms with Gasteiger partial charge in [-0.2, -0.15) is 5.10 Å². The predicted octanol–water partition coefficient (Wildman–Crippen LogP) is 3.89. The van der Waals surface area contributed by atoms with Gasteiger partial charge in [-0.3, -0.25) is 5.01 Å². The van der Waals surface area contributed by atoms with Crippen molar-refractivity contribution in [2.45, 2.75) is 45.2 Å². The SMILES string of the molecule is CC1CCCC(C)N1/N=C/c1ccccc1I. The Balaban J connectivity index is 2.11. The maximum Gasteiger partial charge on any atom is 0.0553 e. The smallest absolute Gasteiger partial charge is 0.0553 e. The minimum absolute atomic E-state index is 0.566. The molecule has 1 aromatic carbocycles. The lowest BCUT2D eigenvalue weighted by molar-refractivity contribution is 0.109. The van der Waals surface area contributed by atoms with Crippen LogP contribution in [0.2, 0.25) is 0 Å². The van der Waals surface area contributed by atoms with Crippen molar-refractivity contribution >= 4 is 28.8 Å². The van der Waals surface area contributed by atoms with Crippen LogP contribution in [0.3, 0.4) is 0 Å². The van der Waals surface area contributed by atoms with Gasteiger partial charge in [-0.15, -0.1) is 0 Å². The van der Waals surface area contributed by atoms with Crippen LogP contribution in [0.1, 0.15) is 38.7 Å². The van der Waals surface area contributed by atoms with Crippen LogP contribution in [-0.2, 0) is 0 Å². The molecule has 1 aromatic rings. The van der Waals surface area contributed by atoms with Gasteiger partial charge in [-0.1, -0.05) is 18.2 Å². The Morgan fingerprint density at radius 3 is 2.53 bits per heavy atom. The fraction of sp³-hybridized carbons (Fsp3) is 0.500. The average molecular weight is 342 g/mol. The highest BCUT2D eigenvalue weighted by Gasteiger charge is 2.22. The van der Waals surface area contributed by atoms with Crippen LogP contribution < -0.4 is 0 Å². The van der Waals surface area contributed by atoms with Crippen molar-refractivity contribution in [3.63, 3.8) is 0 Å². The summed E-state index contributed by atoms with van der Waals surface area (Å²) >= 11 is 2.36. The number of hydrazone groups is 1. The highest BCUT2D eigenvalue weighted by Crippen LogP contribution is 2.22. The van der Waals surface area contributed by atoms with E-state index in [1.54, 1.807) is 0 Å². The molecule has 0 amide bonds. The van der Waals surface area contributed by atoms with E-state index >= 15 is 0 Å². The normalized spacial score (nSPS) is 25.5. The van der Waals surface area contributed by atoms with Gasteiger partial charge >= 0.3 is 0 Å². The van der Waals surface area contributed by atoms with Gasteiger partial charge in [0.25, 0.3) is 0 Å². The number of halogens is 1. The van der Waals surface area contributed by atoms with Gasteiger partial charge in [0.15, 0.2) is 0 Å². The van der Waals surface area contributed by atoms with Crippen molar-refractivity contribution in [1.82, 2.24) is 5.01 Å². The highest BCUT2D eigenvalue weighted by atomic mass is 127. The zero-order valence-corrected chi connectivity index (χ0v) is 12.6. The molecule has 1 heterocycles. The Morgan fingerprint density at radius 2 is 1.88 bits per heavy atom. The van der Waals surface area contributed by atoms with Gasteiger partial charge in [0.1, 0.15) is 0 Å². The summed E-state index contributed by atoms with van der Waals surface area (Å²) in [4.78, 5) is 0. The summed E-state index contributed by atoms with van der Waals surface area (Å²) in [6.45, 7) is 4.53. The molecule has 3 heteroatoms. The number of piperidine rings is 1. The summed E-state index contributed by atoms with van der Waals surface area (Å²) in [6, 6.07) is 9.49. The maximum absolute atomic E-state index is 4.68. The molecule has 0 bridgehead atoms. The second-order valence-electron chi connectivity index (χ2n) is 4.78. The predicted molar refractivity (Wildman–Crippen MR) is 81.4 cm³/mol. The van der Waals surface area contributed by atoms with Crippen LogP contribution in [0, 0.1) is 3.57 Å². The lowest BCUT2D eigenvalue weighted by atomic mass is 10.00. The summed E-state index contributed by atoms with van der Waals surface area (Å²) in [5, 5.41) is 6.94. The number of rotatable bonds is 2. The van der Waals surface area contributed by atoms with E-state index < -0.39 is 0 Å². The maximum atomic E-state index is 4.68. The molecular weight excluding hydrogens is 323 g/mol. The third-order valence-corrected chi connectivity index (χ3v) is 4.36. The molecule has 92 valence electrons. The van der Waals surface area contributed by atoms with Gasteiger partial charge in [-0.05, 0) is 61.8 Å². The van der Waals surface area contributed by atoms with Crippen LogP contribution in [0.15, 0.2) is 29.4 Å². The van der Waals surface area contributed by atoms with Gasteiger partial charge in [0.05, 0.1) is 6.21 Å². The van der Waals surface area contributed by atoms with E-state index in [0.29, 0.717) is 12.1 Å². The Bertz CT molecular complexity index is 393. The van der Waals surface area contributed by atoms with E-state index in [0.717, 1.165) is 0 Å². The first-order valence-electron chi connectivity index (χ1n) is 6.25. The molecule has 17 heavy (non-hydrogen) atoms. The number of benzene rings is 1. The minimum atomic E-state index is 0.566. The summed E-state index contributed by atoms with van der Waals surface area (Å²) in [5.74, 6) is 0. The average Bonchev–Trinajstić information content (AvgIpc) is 2.30. The van der Waals surface area contributed by atoms with Gasteiger partial charge in [0.2, 0.25) is 0 Å². The van der Waals surface area contributed by atoms with E-state index in [-0.39, 0.29) is 0 Å². The van der Waals surface area contributed by atoms with E-state index in [1.807, 2.05) is 6.21 Å². The number of nitrogens with zero attached hydrogens (tertiary/aromatic N) is 2. The second-order valence-corrected chi connectivity index (χ2v) is 5.94. The Hall–Kier alpha value is -0.580. The Labute approximate surface area is 117 Å². The molecule has 0 aromatic heterocycles. The molecule has 2 rings (SSSR count). The summed E-state index contributed by atoms with van der Waals surface area (Å²) < 4.78 is 1.26. The van der Waals surface area contributed by atoms with Gasteiger partial charge in [0, 0.05) is 21.2 Å². The van der Waals surface area contributed by atoms with Crippen molar-refractivity contribution in [1.29, 1.82) is 0 Å². The van der Waals surface area contributed by atoms with E-state index in [9.17, 15) is 0 Å². The van der Waals surface area contributed by atoms with E-state index in [2.05, 4.69) is 70.8 Å². The van der Waals surface area contributed by atoms with Crippen molar-refractivity contribution in [2.75, 3.05) is 0 Å². The zero-order chi connectivity index (χ0) is 12.3. The lowest BCUT2D eigenvalue weighted by Crippen LogP contribution is -2.39. The summed E-state index contributed by atoms with van der Waals surface area (Å²) in [5.41, 5.74) is 1.21. The van der Waals surface area contributed by atoms with Crippen LogP contribution in [0.25, 0.3) is 0 Å². The Kier molecular flexibility index (Phi) is 4.42. The Morgan fingerprint density at radius 1 is 1.24 bits per heavy atom. The van der Waals surface area contributed by atoms with Crippen molar-refractivity contribution in [2.24, 2.45) is 5.10 Å². The molecule has 1 aliphatic heterocycles. The topological polar surface area (TPSA) is 15.6 Å². The fourth-order valence-electron chi connectivity index (χ4n) is 2.34. The molecular formula is C14H19IN2. The molecule has 1 saturated heterocycles. The van der Waals surface area contributed by atoms with Gasteiger partial charge < -0.3 is 0 Å². The standard InChI is InChI=1S/C14H19IN2/c1-11-6-5-7-12(2)17(11)16-10-13-8-3-4-9-14(13)15/h3-4,8-12H,5-7H2,1-2H3/b16-10+. The van der Waals surface area contributed by atoms with Crippen molar-refractivity contribution in [3.05, 3.63) is 33.4 Å². The quantitative estimate of drug-likeness (QED) is 0.588. The number of hydrogen-bond acceptors (Lipinski definition) is 2. The van der Waals surface area contributed by atoms with Crippen molar-refractivity contribution in [3.8, 4) is 0 Å². The second kappa shape index (κ2) is 5.85. The first kappa shape index (κ1) is 12.9. The van der Waals surface area contributed by atoms with Crippen LogP contribution in [0.4, 0.5) is 0 Å². The molecule has 0 N–H and O–H groups in total. The molecule has 0 aliphatic carbocycles. The summed E-state index contributed by atoms with van der Waals surface area (Å²) in [7, 11) is 0. The monoisotopic (exact) mass is 342 g/mol. The first-order chi connectivity index (χ1) is 8.18. The molecule has 2 nitrogen and oxygen atoms in total. The number of hydrogen-bond donors (Lipinski definition) is 0. The molecule has 0 spiro atoms. The van der Waals surface area contributed by atoms with Gasteiger partial charge in [-0.25, -0.2) is 0 Å². The molecule has 0 radical (unpaired) electrons. The van der Waals surface area contributed by atoms with E-state index in [4.69, 9.17) is 0 Å². The molecule has 1 aliphatic rings. The van der Waals surface area contributed by atoms with Crippen LogP contribution in [0.5, 0.6) is 0 Å². The third-order valence-electron chi connectivity index (χ3n) is 3.38. The largest absolute Gasteiger partial charge is 0.292 e. The molecule has 1 fully saturated rings. The first-order valence-corrected chi connectivity index (χ1v) is 7.33. The summed E-state index contributed by atoms with van der Waals surface area (Å²) in [6.07, 6.45) is 5.85. The molecule has 2 atom stereocenters. The zero-order valence-electron chi connectivity index (χ0n) is 10.4. The van der Waals surface area contributed by atoms with Crippen LogP contribution >= 0.6 is 22.6 Å².